The summed E-state index contributed by atoms with van der Waals surface area (Å²) in [7, 11) is 0. The fourth-order valence-electron chi connectivity index (χ4n) is 1.53. The van der Waals surface area contributed by atoms with Gasteiger partial charge in [-0.3, -0.25) is 0 Å². The zero-order chi connectivity index (χ0) is 12.3. The summed E-state index contributed by atoms with van der Waals surface area (Å²) in [5.41, 5.74) is 1.23. The van der Waals surface area contributed by atoms with E-state index in [9.17, 15) is 0 Å². The Labute approximate surface area is 113 Å². The van der Waals surface area contributed by atoms with E-state index >= 15 is 0 Å². The van der Waals surface area contributed by atoms with Crippen LogP contribution in [-0.2, 0) is 11.3 Å². The van der Waals surface area contributed by atoms with E-state index in [0.717, 1.165) is 37.2 Å². The topological polar surface area (TPSA) is 21.3 Å². The van der Waals surface area contributed by atoms with Gasteiger partial charge in [0, 0.05) is 11.1 Å². The van der Waals surface area contributed by atoms with Crippen LogP contribution in [0.1, 0.15) is 31.7 Å². The fourth-order valence-corrected chi connectivity index (χ4v) is 1.79. The number of nitrogens with one attached hydrogen (secondary N) is 1. The Hall–Kier alpha value is -0.380. The van der Waals surface area contributed by atoms with Crippen molar-refractivity contribution in [1.82, 2.24) is 5.32 Å². The Morgan fingerprint density at radius 2 is 1.88 bits per heavy atom. The largest absolute Gasteiger partial charge is 0.377 e. The number of hydrogen-bond acceptors (Lipinski definition) is 2. The van der Waals surface area contributed by atoms with E-state index in [0.29, 0.717) is 0 Å². The van der Waals surface area contributed by atoms with Gasteiger partial charge in [-0.25, -0.2) is 0 Å². The Morgan fingerprint density at radius 3 is 2.59 bits per heavy atom. The van der Waals surface area contributed by atoms with Crippen LogP contribution in [0, 0.1) is 0 Å². The van der Waals surface area contributed by atoms with Crippen molar-refractivity contribution in [3.8, 4) is 0 Å². The maximum Gasteiger partial charge on any atom is 0.0716 e. The van der Waals surface area contributed by atoms with Crippen LogP contribution < -0.4 is 5.32 Å². The number of rotatable bonds is 9. The molecule has 1 N–H and O–H groups in total. The van der Waals surface area contributed by atoms with Crippen LogP contribution in [0.25, 0.3) is 0 Å². The normalized spacial score (nSPS) is 10.7. The molecule has 0 spiro atoms. The molecule has 1 rings (SSSR count). The third-order valence-corrected chi connectivity index (χ3v) is 3.03. The minimum atomic E-state index is 0.718. The highest BCUT2D eigenvalue weighted by molar-refractivity contribution is 9.10. The van der Waals surface area contributed by atoms with Gasteiger partial charge in [-0.1, -0.05) is 35.0 Å². The van der Waals surface area contributed by atoms with Crippen molar-refractivity contribution in [3.05, 3.63) is 34.3 Å². The smallest absolute Gasteiger partial charge is 0.0716 e. The standard InChI is InChI=1S/C14H22BrNO/c1-2-9-16-10-3-4-11-17-12-13-5-7-14(15)8-6-13/h5-8,16H,2-4,9-12H2,1H3. The second-order valence-electron chi connectivity index (χ2n) is 4.14. The van der Waals surface area contributed by atoms with Crippen LogP contribution in [-0.4, -0.2) is 19.7 Å². The Kier molecular flexibility index (Phi) is 8.32. The molecule has 0 aliphatic carbocycles. The first-order chi connectivity index (χ1) is 8.33. The van der Waals surface area contributed by atoms with Crippen LogP contribution in [0.3, 0.4) is 0 Å². The van der Waals surface area contributed by atoms with E-state index in [1.807, 2.05) is 12.1 Å². The molecule has 2 nitrogen and oxygen atoms in total. The minimum absolute atomic E-state index is 0.718. The minimum Gasteiger partial charge on any atom is -0.377 e. The van der Waals surface area contributed by atoms with E-state index in [-0.39, 0.29) is 0 Å². The van der Waals surface area contributed by atoms with Crippen molar-refractivity contribution in [1.29, 1.82) is 0 Å². The van der Waals surface area contributed by atoms with Crippen LogP contribution in [0.5, 0.6) is 0 Å². The molecule has 0 atom stereocenters. The summed E-state index contributed by atoms with van der Waals surface area (Å²) in [5.74, 6) is 0. The molecule has 0 fully saturated rings. The number of unbranched alkanes of at least 4 members (excludes halogenated alkanes) is 1. The van der Waals surface area contributed by atoms with Crippen molar-refractivity contribution in [3.63, 3.8) is 0 Å². The quantitative estimate of drug-likeness (QED) is 0.701. The molecule has 0 bridgehead atoms. The first-order valence-electron chi connectivity index (χ1n) is 6.36. The van der Waals surface area contributed by atoms with Gasteiger partial charge in [0.2, 0.25) is 0 Å². The van der Waals surface area contributed by atoms with Gasteiger partial charge in [0.05, 0.1) is 6.61 Å². The maximum absolute atomic E-state index is 5.62. The van der Waals surface area contributed by atoms with Crippen molar-refractivity contribution in [2.75, 3.05) is 19.7 Å². The maximum atomic E-state index is 5.62. The predicted octanol–water partition coefficient (Wildman–Crippen LogP) is 3.75. The van der Waals surface area contributed by atoms with Crippen LogP contribution in [0.2, 0.25) is 0 Å². The van der Waals surface area contributed by atoms with Gasteiger partial charge < -0.3 is 10.1 Å². The molecule has 1 aromatic rings. The summed E-state index contributed by atoms with van der Waals surface area (Å²) < 4.78 is 6.74. The van der Waals surface area contributed by atoms with Crippen molar-refractivity contribution < 1.29 is 4.74 Å². The molecule has 0 saturated heterocycles. The van der Waals surface area contributed by atoms with E-state index < -0.39 is 0 Å². The van der Waals surface area contributed by atoms with E-state index in [4.69, 9.17) is 4.74 Å². The molecular formula is C14H22BrNO. The molecule has 17 heavy (non-hydrogen) atoms. The van der Waals surface area contributed by atoms with Crippen LogP contribution in [0.15, 0.2) is 28.7 Å². The van der Waals surface area contributed by atoms with Crippen molar-refractivity contribution >= 4 is 15.9 Å². The zero-order valence-electron chi connectivity index (χ0n) is 10.5. The SMILES string of the molecule is CCCNCCCCOCc1ccc(Br)cc1. The average Bonchev–Trinajstić information content (AvgIpc) is 2.35. The van der Waals surface area contributed by atoms with Crippen LogP contribution in [0.4, 0.5) is 0 Å². The molecular weight excluding hydrogens is 278 g/mol. The summed E-state index contributed by atoms with van der Waals surface area (Å²) in [6.07, 6.45) is 3.54. The highest BCUT2D eigenvalue weighted by Crippen LogP contribution is 2.11. The van der Waals surface area contributed by atoms with Crippen LogP contribution >= 0.6 is 15.9 Å². The van der Waals surface area contributed by atoms with Gasteiger partial charge in [0.1, 0.15) is 0 Å². The second kappa shape index (κ2) is 9.63. The second-order valence-corrected chi connectivity index (χ2v) is 5.05. The number of halogens is 1. The van der Waals surface area contributed by atoms with Gasteiger partial charge >= 0.3 is 0 Å². The van der Waals surface area contributed by atoms with Gasteiger partial charge in [-0.05, 0) is 50.0 Å². The number of ether oxygens (including phenoxy) is 1. The Morgan fingerprint density at radius 1 is 1.12 bits per heavy atom. The molecule has 0 amide bonds. The molecule has 0 saturated carbocycles. The zero-order valence-corrected chi connectivity index (χ0v) is 12.1. The van der Waals surface area contributed by atoms with Gasteiger partial charge in [0.25, 0.3) is 0 Å². The molecule has 96 valence electrons. The molecule has 0 aromatic heterocycles. The van der Waals surface area contributed by atoms with E-state index in [1.165, 1.54) is 18.4 Å². The van der Waals surface area contributed by atoms with E-state index in [1.54, 1.807) is 0 Å². The van der Waals surface area contributed by atoms with Crippen molar-refractivity contribution in [2.24, 2.45) is 0 Å². The third-order valence-electron chi connectivity index (χ3n) is 2.50. The first kappa shape index (κ1) is 14.7. The average molecular weight is 300 g/mol. The third kappa shape index (κ3) is 7.53. The first-order valence-corrected chi connectivity index (χ1v) is 7.15. The molecule has 3 heteroatoms. The lowest BCUT2D eigenvalue weighted by Crippen LogP contribution is -2.16. The number of hydrogen-bond donors (Lipinski definition) is 1. The predicted molar refractivity (Wildman–Crippen MR) is 76.2 cm³/mol. The molecule has 0 heterocycles. The summed E-state index contributed by atoms with van der Waals surface area (Å²) in [6, 6.07) is 8.28. The summed E-state index contributed by atoms with van der Waals surface area (Å²) in [4.78, 5) is 0. The summed E-state index contributed by atoms with van der Waals surface area (Å²) in [5, 5.41) is 3.39. The molecule has 0 aliphatic heterocycles. The fraction of sp³-hybridized carbons (Fsp3) is 0.571. The highest BCUT2D eigenvalue weighted by Gasteiger charge is 1.94. The summed E-state index contributed by atoms with van der Waals surface area (Å²) >= 11 is 3.42. The van der Waals surface area contributed by atoms with Gasteiger partial charge in [-0.2, -0.15) is 0 Å². The molecule has 0 unspecified atom stereocenters. The summed E-state index contributed by atoms with van der Waals surface area (Å²) in [6.45, 7) is 5.99. The molecule has 0 radical (unpaired) electrons. The van der Waals surface area contributed by atoms with E-state index in [2.05, 4.69) is 40.3 Å². The molecule has 0 aliphatic rings. The monoisotopic (exact) mass is 299 g/mol. The molecule has 1 aromatic carbocycles. The van der Waals surface area contributed by atoms with Gasteiger partial charge in [-0.15, -0.1) is 0 Å². The Bertz CT molecular complexity index is 287. The Balaban J connectivity index is 1.95. The lowest BCUT2D eigenvalue weighted by molar-refractivity contribution is 0.117. The number of benzene rings is 1. The van der Waals surface area contributed by atoms with Crippen molar-refractivity contribution in [2.45, 2.75) is 32.8 Å². The lowest BCUT2D eigenvalue weighted by Gasteiger charge is -2.05. The van der Waals surface area contributed by atoms with Gasteiger partial charge in [0.15, 0.2) is 0 Å². The highest BCUT2D eigenvalue weighted by atomic mass is 79.9. The lowest BCUT2D eigenvalue weighted by atomic mass is 10.2.